The highest BCUT2D eigenvalue weighted by molar-refractivity contribution is 6.01. The number of aliphatic hydroxyl groups excluding tert-OH is 1. The number of alkyl halides is 1. The van der Waals surface area contributed by atoms with Gasteiger partial charge in [-0.2, -0.15) is 0 Å². The Morgan fingerprint density at radius 2 is 1.91 bits per heavy atom. The monoisotopic (exact) mass is 607 g/mol. The Morgan fingerprint density at radius 1 is 1.16 bits per heavy atom. The fourth-order valence-electron chi connectivity index (χ4n) is 10.5. The van der Waals surface area contributed by atoms with E-state index in [1.54, 1.807) is 31.2 Å². The van der Waals surface area contributed by atoms with Crippen LogP contribution in [0.1, 0.15) is 69.3 Å². The summed E-state index contributed by atoms with van der Waals surface area (Å²) in [6, 6.07) is 7.21. The highest BCUT2D eigenvalue weighted by atomic mass is 19.1. The lowest BCUT2D eigenvalue weighted by Gasteiger charge is -2.67. The zero-order valence-corrected chi connectivity index (χ0v) is 26.2. The van der Waals surface area contributed by atoms with Gasteiger partial charge < -0.3 is 14.6 Å². The van der Waals surface area contributed by atoms with Crippen molar-refractivity contribution >= 4 is 23.5 Å². The summed E-state index contributed by atoms with van der Waals surface area (Å²) in [5.41, 5.74) is -3.55. The number of benzene rings is 1. The number of ketones is 2. The number of hydrogen-bond donors (Lipinski definition) is 1. The first-order valence-corrected chi connectivity index (χ1v) is 15.5. The highest BCUT2D eigenvalue weighted by Crippen LogP contribution is 2.79. The third-order valence-electron chi connectivity index (χ3n) is 12.6. The Labute approximate surface area is 257 Å². The summed E-state index contributed by atoms with van der Waals surface area (Å²) in [7, 11) is 1.34. The molecule has 1 aromatic rings. The standard InChI is InChI=1S/C35H42FNO7/c1-21(38)44-19-29(41)34-20-37(17-22-7-6-8-23(13-22)30(42)43-5)18-25(34)15-32(3)27-10-9-24-14-26(39)11-12-31(24,2)35(27,36)28(40)16-33(32,34)4/h6-8,11-14,25,27-28,40H,9-10,15-20H2,1-5H3. The zero-order chi connectivity index (χ0) is 31.9. The normalized spacial score (nSPS) is 40.8. The molecule has 1 saturated heterocycles. The molecule has 1 aliphatic heterocycles. The van der Waals surface area contributed by atoms with Gasteiger partial charge in [0, 0.05) is 37.9 Å². The molecular formula is C35H42FNO7. The van der Waals surface area contributed by atoms with Crippen LogP contribution in [0.25, 0.3) is 0 Å². The Kier molecular flexibility index (Phi) is 7.13. The molecule has 9 heteroatoms. The number of esters is 2. The maximum atomic E-state index is 17.9. The van der Waals surface area contributed by atoms with Gasteiger partial charge >= 0.3 is 11.9 Å². The van der Waals surface area contributed by atoms with Crippen LogP contribution in [-0.2, 0) is 30.4 Å². The van der Waals surface area contributed by atoms with E-state index >= 15 is 4.39 Å². The number of fused-ring (bicyclic) bond motifs is 7. The van der Waals surface area contributed by atoms with Gasteiger partial charge in [-0.15, -0.1) is 0 Å². The van der Waals surface area contributed by atoms with E-state index < -0.39 is 51.3 Å². The largest absolute Gasteiger partial charge is 0.465 e. The summed E-state index contributed by atoms with van der Waals surface area (Å²) in [4.78, 5) is 52.8. The van der Waals surface area contributed by atoms with Crippen LogP contribution in [0.5, 0.6) is 0 Å². The number of likely N-dealkylation sites (tertiary alicyclic amines) is 1. The molecule has 4 fully saturated rings. The van der Waals surface area contributed by atoms with Crippen molar-refractivity contribution in [3.8, 4) is 0 Å². The van der Waals surface area contributed by atoms with Crippen LogP contribution in [0.15, 0.2) is 48.1 Å². The third-order valence-corrected chi connectivity index (χ3v) is 12.6. The van der Waals surface area contributed by atoms with E-state index in [9.17, 15) is 24.3 Å². The van der Waals surface area contributed by atoms with Crippen molar-refractivity contribution in [3.63, 3.8) is 0 Å². The van der Waals surface area contributed by atoms with Crippen molar-refractivity contribution < 1.29 is 38.1 Å². The summed E-state index contributed by atoms with van der Waals surface area (Å²) in [6.45, 7) is 8.25. The average molecular weight is 608 g/mol. The van der Waals surface area contributed by atoms with Crippen molar-refractivity contribution in [2.75, 3.05) is 26.8 Å². The van der Waals surface area contributed by atoms with Gasteiger partial charge in [0.2, 0.25) is 0 Å². The van der Waals surface area contributed by atoms with Crippen LogP contribution in [0.4, 0.5) is 4.39 Å². The second kappa shape index (κ2) is 10.2. The summed E-state index contributed by atoms with van der Waals surface area (Å²) in [5.74, 6) is -2.05. The van der Waals surface area contributed by atoms with E-state index in [4.69, 9.17) is 9.47 Å². The minimum Gasteiger partial charge on any atom is -0.465 e. The average Bonchev–Trinajstić information content (AvgIpc) is 3.42. The van der Waals surface area contributed by atoms with Crippen LogP contribution in [-0.4, -0.2) is 72.1 Å². The van der Waals surface area contributed by atoms with Gasteiger partial charge in [-0.05, 0) is 79.2 Å². The number of nitrogens with zero attached hydrogens (tertiary/aromatic N) is 1. The van der Waals surface area contributed by atoms with Crippen molar-refractivity contribution in [2.45, 2.75) is 71.7 Å². The van der Waals surface area contributed by atoms with Crippen LogP contribution in [0.2, 0.25) is 0 Å². The van der Waals surface area contributed by atoms with Gasteiger partial charge in [0.15, 0.2) is 23.8 Å². The van der Waals surface area contributed by atoms with E-state index in [2.05, 4.69) is 11.8 Å². The number of halogens is 1. The molecule has 5 aliphatic rings. The highest BCUT2D eigenvalue weighted by Gasteiger charge is 2.81. The smallest absolute Gasteiger partial charge is 0.337 e. The molecule has 4 aliphatic carbocycles. The van der Waals surface area contributed by atoms with Crippen LogP contribution >= 0.6 is 0 Å². The second-order valence-electron chi connectivity index (χ2n) is 14.4. The predicted octanol–water partition coefficient (Wildman–Crippen LogP) is 4.39. The van der Waals surface area contributed by atoms with Crippen LogP contribution in [0.3, 0.4) is 0 Å². The van der Waals surface area contributed by atoms with E-state index in [1.807, 2.05) is 13.0 Å². The topological polar surface area (TPSA) is 110 Å². The molecule has 44 heavy (non-hydrogen) atoms. The predicted molar refractivity (Wildman–Crippen MR) is 159 cm³/mol. The molecule has 0 amide bonds. The zero-order valence-electron chi connectivity index (χ0n) is 26.2. The molecule has 1 N–H and O–H groups in total. The lowest BCUT2D eigenvalue weighted by atomic mass is 9.38. The molecular weight excluding hydrogens is 565 g/mol. The quantitative estimate of drug-likeness (QED) is 0.474. The number of carbonyl (C=O) groups is 4. The number of hydrogen-bond acceptors (Lipinski definition) is 8. The first-order valence-electron chi connectivity index (χ1n) is 15.5. The van der Waals surface area contributed by atoms with Crippen molar-refractivity contribution in [1.29, 1.82) is 0 Å². The minimum absolute atomic E-state index is 0.0646. The molecule has 1 heterocycles. The van der Waals surface area contributed by atoms with Gasteiger partial charge in [-0.25, -0.2) is 9.18 Å². The Morgan fingerprint density at radius 3 is 2.61 bits per heavy atom. The van der Waals surface area contributed by atoms with Gasteiger partial charge in [0.1, 0.15) is 0 Å². The SMILES string of the molecule is COC(=O)c1cccc(CN2CC3CC4(C)C5CCC6=CC(=O)C=CC6(C)C5(F)C(O)CC4(C)C3(C(=O)COC(C)=O)C2)c1. The fourth-order valence-corrected chi connectivity index (χ4v) is 10.5. The number of ether oxygens (including phenoxy) is 2. The molecule has 0 radical (unpaired) electrons. The summed E-state index contributed by atoms with van der Waals surface area (Å²) < 4.78 is 28.1. The molecule has 0 bridgehead atoms. The molecule has 3 saturated carbocycles. The third kappa shape index (κ3) is 3.94. The Bertz CT molecular complexity index is 1500. The molecule has 236 valence electrons. The van der Waals surface area contributed by atoms with Gasteiger partial charge in [-0.1, -0.05) is 37.6 Å². The molecule has 8 unspecified atom stereocenters. The Hall–Kier alpha value is -3.17. The van der Waals surface area contributed by atoms with Crippen molar-refractivity contribution in [3.05, 3.63) is 59.2 Å². The van der Waals surface area contributed by atoms with Gasteiger partial charge in [0.05, 0.1) is 24.2 Å². The van der Waals surface area contributed by atoms with E-state index in [1.165, 1.54) is 26.2 Å². The van der Waals surface area contributed by atoms with E-state index in [0.717, 1.165) is 5.56 Å². The van der Waals surface area contributed by atoms with Gasteiger partial charge in [0.25, 0.3) is 0 Å². The lowest BCUT2D eigenvalue weighted by molar-refractivity contribution is -0.237. The summed E-state index contributed by atoms with van der Waals surface area (Å²) in [6.07, 6.45) is 4.87. The molecule has 8 nitrogen and oxygen atoms in total. The number of allylic oxidation sites excluding steroid dienone is 4. The fraction of sp³-hybridized carbons (Fsp3) is 0.600. The molecule has 6 rings (SSSR count). The Balaban J connectivity index is 1.40. The van der Waals surface area contributed by atoms with Crippen molar-refractivity contribution in [2.24, 2.45) is 33.5 Å². The van der Waals surface area contributed by atoms with E-state index in [-0.39, 0.29) is 30.5 Å². The number of carbonyl (C=O) groups excluding carboxylic acids is 4. The van der Waals surface area contributed by atoms with Crippen LogP contribution < -0.4 is 0 Å². The van der Waals surface area contributed by atoms with Gasteiger partial charge in [-0.3, -0.25) is 19.3 Å². The molecule has 0 spiro atoms. The first-order chi connectivity index (χ1) is 20.7. The number of methoxy groups -OCH3 is 1. The second-order valence-corrected chi connectivity index (χ2v) is 14.4. The maximum absolute atomic E-state index is 17.9. The number of rotatable bonds is 6. The maximum Gasteiger partial charge on any atom is 0.337 e. The summed E-state index contributed by atoms with van der Waals surface area (Å²) in [5, 5.41) is 11.9. The number of Topliss-reactive ketones (excluding diaryl/α,β-unsaturated/α-hetero) is 1. The molecule has 1 aromatic carbocycles. The molecule has 0 aromatic heterocycles. The van der Waals surface area contributed by atoms with E-state index in [0.29, 0.717) is 50.0 Å². The number of aliphatic hydroxyl groups is 1. The summed E-state index contributed by atoms with van der Waals surface area (Å²) >= 11 is 0. The lowest BCUT2D eigenvalue weighted by Crippen LogP contribution is -2.71. The minimum atomic E-state index is -2.02. The first kappa shape index (κ1) is 30.8. The molecule has 8 atom stereocenters. The van der Waals surface area contributed by atoms with Crippen molar-refractivity contribution in [1.82, 2.24) is 4.90 Å². The van der Waals surface area contributed by atoms with Crippen LogP contribution in [0, 0.1) is 33.5 Å².